The summed E-state index contributed by atoms with van der Waals surface area (Å²) < 4.78 is 32.0. The van der Waals surface area contributed by atoms with Crippen molar-refractivity contribution in [3.8, 4) is 11.4 Å². The predicted molar refractivity (Wildman–Crippen MR) is 135 cm³/mol. The van der Waals surface area contributed by atoms with Gasteiger partial charge in [0.15, 0.2) is 11.5 Å². The van der Waals surface area contributed by atoms with Gasteiger partial charge >= 0.3 is 0 Å². The summed E-state index contributed by atoms with van der Waals surface area (Å²) in [4.78, 5) is 15.1. The molecule has 6 heterocycles. The molecule has 1 N–H and O–H groups in total. The van der Waals surface area contributed by atoms with Crippen molar-refractivity contribution in [3.63, 3.8) is 0 Å². The average Bonchev–Trinajstić information content (AvgIpc) is 3.57. The van der Waals surface area contributed by atoms with E-state index in [9.17, 15) is 8.78 Å². The van der Waals surface area contributed by atoms with Crippen molar-refractivity contribution in [1.29, 1.82) is 0 Å². The number of anilines is 1. The standard InChI is InChI=1S/C25H20F2N8S/c1-12-8-13(2)30-25-18(12)19-20(36-25)24-32-22(33-34(24)11-28-19)15-10-29-35-17(21(26)27)9-16(31-23(15)35)14-6-4-3-5-7-14/h3-8,10-11,16-17,21,31H,9H2,1-2H3/t16-,17-/m1/s1. The van der Waals surface area contributed by atoms with Crippen LogP contribution in [0.2, 0.25) is 0 Å². The number of hydrogen-bond donors (Lipinski definition) is 1. The number of nitrogens with zero attached hydrogens (tertiary/aromatic N) is 7. The fourth-order valence-electron chi connectivity index (χ4n) is 5.08. The maximum atomic E-state index is 14.1. The fraction of sp³-hybridized carbons (Fsp3) is 0.240. The number of aryl methyl sites for hydroxylation is 2. The Bertz CT molecular complexity index is 1770. The second-order valence-corrected chi connectivity index (χ2v) is 10.1. The van der Waals surface area contributed by atoms with Gasteiger partial charge in [-0.15, -0.1) is 16.4 Å². The molecule has 0 spiro atoms. The smallest absolute Gasteiger partial charge is 0.260 e. The van der Waals surface area contributed by atoms with Crippen LogP contribution in [0, 0.1) is 13.8 Å². The summed E-state index contributed by atoms with van der Waals surface area (Å²) in [6.45, 7) is 4.03. The fourth-order valence-corrected chi connectivity index (χ4v) is 6.31. The van der Waals surface area contributed by atoms with Crippen molar-refractivity contribution in [2.24, 2.45) is 0 Å². The van der Waals surface area contributed by atoms with E-state index in [1.807, 2.05) is 43.3 Å². The molecule has 1 aliphatic heterocycles. The zero-order valence-corrected chi connectivity index (χ0v) is 20.2. The van der Waals surface area contributed by atoms with E-state index in [2.05, 4.69) is 32.4 Å². The van der Waals surface area contributed by atoms with Crippen LogP contribution in [0.25, 0.3) is 37.5 Å². The molecule has 0 amide bonds. The van der Waals surface area contributed by atoms with Crippen molar-refractivity contribution in [3.05, 3.63) is 65.7 Å². The highest BCUT2D eigenvalue weighted by molar-refractivity contribution is 7.26. The van der Waals surface area contributed by atoms with Crippen LogP contribution in [0.1, 0.15) is 35.3 Å². The van der Waals surface area contributed by atoms with E-state index in [0.29, 0.717) is 22.9 Å². The molecule has 36 heavy (non-hydrogen) atoms. The number of rotatable bonds is 3. The van der Waals surface area contributed by atoms with Gasteiger partial charge in [-0.05, 0) is 37.5 Å². The first kappa shape index (κ1) is 21.3. The molecule has 0 saturated carbocycles. The number of benzene rings is 1. The Kier molecular flexibility index (Phi) is 4.59. The first-order valence-electron chi connectivity index (χ1n) is 11.6. The van der Waals surface area contributed by atoms with Crippen molar-refractivity contribution in [2.45, 2.75) is 38.8 Å². The molecule has 11 heteroatoms. The lowest BCUT2D eigenvalue weighted by atomic mass is 9.97. The predicted octanol–water partition coefficient (Wildman–Crippen LogP) is 5.73. The molecule has 0 saturated heterocycles. The van der Waals surface area contributed by atoms with Gasteiger partial charge in [-0.2, -0.15) is 5.10 Å². The Balaban J connectivity index is 1.39. The summed E-state index contributed by atoms with van der Waals surface area (Å²) in [6.07, 6.45) is 0.870. The van der Waals surface area contributed by atoms with Crippen LogP contribution < -0.4 is 5.32 Å². The van der Waals surface area contributed by atoms with Crippen molar-refractivity contribution in [1.82, 2.24) is 34.3 Å². The Morgan fingerprint density at radius 1 is 1.14 bits per heavy atom. The summed E-state index contributed by atoms with van der Waals surface area (Å²) in [6, 6.07) is 10.3. The van der Waals surface area contributed by atoms with Crippen LogP contribution in [-0.4, -0.2) is 40.8 Å². The van der Waals surface area contributed by atoms with Crippen LogP contribution in [0.3, 0.4) is 0 Å². The third kappa shape index (κ3) is 3.12. The topological polar surface area (TPSA) is 85.8 Å². The molecular formula is C25H20F2N8S. The number of halogens is 2. The zero-order valence-electron chi connectivity index (χ0n) is 19.4. The van der Waals surface area contributed by atoms with Gasteiger partial charge in [-0.25, -0.2) is 32.9 Å². The monoisotopic (exact) mass is 502 g/mol. The van der Waals surface area contributed by atoms with Gasteiger partial charge in [0, 0.05) is 11.1 Å². The molecular weight excluding hydrogens is 482 g/mol. The minimum atomic E-state index is -2.56. The van der Waals surface area contributed by atoms with Gasteiger partial charge < -0.3 is 5.32 Å². The molecule has 1 aromatic carbocycles. The van der Waals surface area contributed by atoms with Gasteiger partial charge in [0.1, 0.15) is 27.7 Å². The molecule has 0 radical (unpaired) electrons. The normalized spacial score (nSPS) is 17.8. The van der Waals surface area contributed by atoms with Crippen molar-refractivity contribution < 1.29 is 8.78 Å². The number of pyridine rings is 1. The summed E-state index contributed by atoms with van der Waals surface area (Å²) in [5.41, 5.74) is 5.06. The van der Waals surface area contributed by atoms with Gasteiger partial charge in [0.25, 0.3) is 6.43 Å². The minimum absolute atomic E-state index is 0.229. The first-order valence-corrected chi connectivity index (χ1v) is 12.4. The molecule has 0 fully saturated rings. The maximum Gasteiger partial charge on any atom is 0.260 e. The highest BCUT2D eigenvalue weighted by Crippen LogP contribution is 2.42. The summed E-state index contributed by atoms with van der Waals surface area (Å²) in [5, 5.41) is 13.4. The average molecular weight is 503 g/mol. The number of alkyl halides is 2. The Morgan fingerprint density at radius 2 is 1.97 bits per heavy atom. The lowest BCUT2D eigenvalue weighted by Gasteiger charge is -2.32. The molecule has 0 unspecified atom stereocenters. The molecule has 0 aliphatic carbocycles. The molecule has 2 atom stereocenters. The minimum Gasteiger partial charge on any atom is -0.363 e. The van der Waals surface area contributed by atoms with Gasteiger partial charge in [-0.1, -0.05) is 30.3 Å². The largest absolute Gasteiger partial charge is 0.363 e. The maximum absolute atomic E-state index is 14.1. The zero-order chi connectivity index (χ0) is 24.6. The molecule has 180 valence electrons. The SMILES string of the molecule is Cc1cc(C)c2c(n1)sc1c2ncn2nc(-c3cnn4c3N[C@@H](c3ccccc3)C[C@@H]4C(F)F)nc12. The molecule has 6 aromatic rings. The second-order valence-electron chi connectivity index (χ2n) is 9.09. The number of fused-ring (bicyclic) bond motifs is 6. The Labute approximate surface area is 207 Å². The quantitative estimate of drug-likeness (QED) is 0.333. The van der Waals surface area contributed by atoms with Crippen LogP contribution in [0.15, 0.2) is 48.9 Å². The summed E-state index contributed by atoms with van der Waals surface area (Å²) >= 11 is 1.53. The molecule has 1 aliphatic rings. The molecule has 5 aromatic heterocycles. The Morgan fingerprint density at radius 3 is 2.78 bits per heavy atom. The summed E-state index contributed by atoms with van der Waals surface area (Å²) in [5.74, 6) is 0.892. The van der Waals surface area contributed by atoms with E-state index in [-0.39, 0.29) is 12.5 Å². The highest BCUT2D eigenvalue weighted by Gasteiger charge is 2.36. The van der Waals surface area contributed by atoms with Crippen molar-refractivity contribution in [2.75, 3.05) is 5.32 Å². The van der Waals surface area contributed by atoms with Gasteiger partial charge in [0.2, 0.25) is 0 Å². The molecule has 7 rings (SSSR count). The Hall–Kier alpha value is -3.99. The number of nitrogens with one attached hydrogen (secondary N) is 1. The van der Waals surface area contributed by atoms with E-state index in [0.717, 1.165) is 37.3 Å². The van der Waals surface area contributed by atoms with E-state index in [1.54, 1.807) is 17.0 Å². The number of hydrogen-bond acceptors (Lipinski definition) is 7. The lowest BCUT2D eigenvalue weighted by molar-refractivity contribution is 0.0659. The lowest BCUT2D eigenvalue weighted by Crippen LogP contribution is -2.31. The van der Waals surface area contributed by atoms with Crippen LogP contribution in [0.4, 0.5) is 14.6 Å². The van der Waals surface area contributed by atoms with Crippen LogP contribution in [0.5, 0.6) is 0 Å². The molecule has 8 nitrogen and oxygen atoms in total. The number of aromatic nitrogens is 7. The van der Waals surface area contributed by atoms with Crippen LogP contribution in [-0.2, 0) is 0 Å². The van der Waals surface area contributed by atoms with Gasteiger partial charge in [0.05, 0.1) is 23.3 Å². The molecule has 0 bridgehead atoms. The van der Waals surface area contributed by atoms with Gasteiger partial charge in [-0.3, -0.25) is 0 Å². The highest BCUT2D eigenvalue weighted by atomic mass is 32.1. The van der Waals surface area contributed by atoms with E-state index in [1.165, 1.54) is 16.0 Å². The third-order valence-corrected chi connectivity index (χ3v) is 7.79. The first-order chi connectivity index (χ1) is 17.5. The van der Waals surface area contributed by atoms with Crippen molar-refractivity contribution >= 4 is 43.2 Å². The number of thiophene rings is 1. The third-order valence-electron chi connectivity index (χ3n) is 6.72. The summed E-state index contributed by atoms with van der Waals surface area (Å²) in [7, 11) is 0. The van der Waals surface area contributed by atoms with E-state index < -0.39 is 12.5 Å². The second kappa shape index (κ2) is 7.76. The van der Waals surface area contributed by atoms with E-state index >= 15 is 0 Å². The van der Waals surface area contributed by atoms with Crippen LogP contribution >= 0.6 is 11.3 Å². The van der Waals surface area contributed by atoms with E-state index in [4.69, 9.17) is 4.98 Å².